The first kappa shape index (κ1) is 32.1. The number of benzene rings is 2. The predicted molar refractivity (Wildman–Crippen MR) is 184 cm³/mol. The van der Waals surface area contributed by atoms with Gasteiger partial charge in [-0.3, -0.25) is 4.98 Å². The summed E-state index contributed by atoms with van der Waals surface area (Å²) in [6.07, 6.45) is 9.77. The highest BCUT2D eigenvalue weighted by Crippen LogP contribution is 2.58. The minimum Gasteiger partial charge on any atom is -0.493 e. The molecule has 3 aromatic rings. The number of fused-ring (bicyclic) bond motifs is 4. The van der Waals surface area contributed by atoms with E-state index >= 15 is 0 Å². The van der Waals surface area contributed by atoms with Crippen LogP contribution < -0.4 is 19.5 Å². The minimum absolute atomic E-state index is 0.154. The number of aromatic nitrogens is 1. The summed E-state index contributed by atoms with van der Waals surface area (Å²) < 4.78 is 19.1. The molecule has 1 aliphatic heterocycles. The van der Waals surface area contributed by atoms with Crippen molar-refractivity contribution in [2.45, 2.75) is 95.4 Å². The number of anilines is 1. The number of ether oxygens (including phenoxy) is 3. The normalized spacial score (nSPS) is 28.6. The first-order chi connectivity index (χ1) is 22.7. The van der Waals surface area contributed by atoms with Crippen LogP contribution in [0.2, 0.25) is 5.02 Å². The Morgan fingerprint density at radius 3 is 2.62 bits per heavy atom. The van der Waals surface area contributed by atoms with E-state index in [2.05, 4.69) is 43.2 Å². The summed E-state index contributed by atoms with van der Waals surface area (Å²) in [4.78, 5) is 17.6. The van der Waals surface area contributed by atoms with Crippen LogP contribution in [0.3, 0.4) is 0 Å². The molecule has 8 heteroatoms. The molecule has 1 saturated carbocycles. The molecular formula is C39H47ClN2O5. The smallest absolute Gasteiger partial charge is 0.329 e. The number of halogens is 1. The van der Waals surface area contributed by atoms with E-state index in [0.29, 0.717) is 61.4 Å². The third-order valence-electron chi connectivity index (χ3n) is 11.4. The summed E-state index contributed by atoms with van der Waals surface area (Å²) in [6.45, 7) is 8.63. The first-order valence-electron chi connectivity index (χ1n) is 17.5. The number of carboxylic acid groups (broad SMARTS) is 1. The number of hydrogen-bond donors (Lipinski definition) is 2. The van der Waals surface area contributed by atoms with Crippen molar-refractivity contribution in [3.8, 4) is 17.2 Å². The van der Waals surface area contributed by atoms with Crippen LogP contribution in [0.5, 0.6) is 17.2 Å². The topological polar surface area (TPSA) is 89.9 Å². The van der Waals surface area contributed by atoms with Crippen molar-refractivity contribution in [1.29, 1.82) is 0 Å². The lowest BCUT2D eigenvalue weighted by Crippen LogP contribution is -2.53. The van der Waals surface area contributed by atoms with Gasteiger partial charge in [-0.25, -0.2) is 4.79 Å². The van der Waals surface area contributed by atoms with Gasteiger partial charge in [0.25, 0.3) is 0 Å². The van der Waals surface area contributed by atoms with Gasteiger partial charge in [0.05, 0.1) is 19.8 Å². The van der Waals surface area contributed by atoms with Crippen LogP contribution in [0.1, 0.15) is 94.0 Å². The van der Waals surface area contributed by atoms with E-state index in [9.17, 15) is 9.90 Å². The molecule has 0 bridgehead atoms. The van der Waals surface area contributed by atoms with Crippen LogP contribution in [0.25, 0.3) is 0 Å². The number of pyridine rings is 1. The van der Waals surface area contributed by atoms with Crippen LogP contribution in [0.4, 0.5) is 5.69 Å². The highest BCUT2D eigenvalue weighted by molar-refractivity contribution is 6.30. The van der Waals surface area contributed by atoms with Crippen molar-refractivity contribution >= 4 is 23.3 Å². The molecular weight excluding hydrogens is 612 g/mol. The average Bonchev–Trinajstić information content (AvgIpc) is 3.19. The Balaban J connectivity index is 1.15. The summed E-state index contributed by atoms with van der Waals surface area (Å²) in [6, 6.07) is 13.8. The number of nitrogens with zero attached hydrogens (tertiary/aromatic N) is 1. The number of carbonyl (C=O) groups is 1. The van der Waals surface area contributed by atoms with Gasteiger partial charge < -0.3 is 24.6 Å². The third-order valence-corrected chi connectivity index (χ3v) is 11.6. The van der Waals surface area contributed by atoms with E-state index in [1.165, 1.54) is 35.2 Å². The minimum atomic E-state index is -1.06. The van der Waals surface area contributed by atoms with Gasteiger partial charge in [-0.2, -0.15) is 0 Å². The number of carboxylic acids is 1. The van der Waals surface area contributed by atoms with Crippen molar-refractivity contribution in [2.75, 3.05) is 25.1 Å². The molecule has 7 nitrogen and oxygen atoms in total. The molecule has 2 N–H and O–H groups in total. The zero-order valence-corrected chi connectivity index (χ0v) is 28.6. The highest BCUT2D eigenvalue weighted by atomic mass is 35.5. The Bertz CT molecular complexity index is 1630. The largest absolute Gasteiger partial charge is 0.493 e. The average molecular weight is 659 g/mol. The van der Waals surface area contributed by atoms with Gasteiger partial charge in [0, 0.05) is 34.1 Å². The molecule has 1 aromatic heterocycles. The molecule has 3 aliphatic carbocycles. The van der Waals surface area contributed by atoms with Crippen molar-refractivity contribution in [3.05, 3.63) is 76.1 Å². The van der Waals surface area contributed by atoms with Crippen LogP contribution >= 0.6 is 11.6 Å². The molecule has 0 radical (unpaired) electrons. The van der Waals surface area contributed by atoms with E-state index < -0.39 is 11.5 Å². The number of aliphatic carboxylic acids is 1. The Labute approximate surface area is 283 Å². The quantitative estimate of drug-likeness (QED) is 0.250. The molecule has 2 aromatic carbocycles. The van der Waals surface area contributed by atoms with Crippen molar-refractivity contribution in [3.63, 3.8) is 0 Å². The van der Waals surface area contributed by atoms with Gasteiger partial charge in [0.2, 0.25) is 0 Å². The van der Waals surface area contributed by atoms with E-state index in [0.717, 1.165) is 55.0 Å². The molecule has 7 rings (SSSR count). The Kier molecular flexibility index (Phi) is 8.79. The number of aryl methyl sites for hydroxylation is 1. The molecule has 4 aliphatic rings. The number of hydrogen-bond acceptors (Lipinski definition) is 6. The van der Waals surface area contributed by atoms with Gasteiger partial charge in [0.15, 0.2) is 11.5 Å². The van der Waals surface area contributed by atoms with E-state index in [-0.39, 0.29) is 5.41 Å². The standard InChI is InChI=1S/C39H47ClN2O5/c1-24(21-45-33-10-15-41-32-9-4-6-26(3)36(32)33)16-28-17-27-18-34-35(47-23-25(2)22-46-34)20-31(27)38(28)11-13-39(14-12-38,37(43)44)42-30-8-5-7-29(40)19-30/h5,7-8,10,15,18-20,24-26,28,42H,4,6,9,11-14,16-17,21-23H2,1-3H3,(H,43,44)/t24-,25?,26-,28?,38?,39?/m1/s1. The fraction of sp³-hybridized carbons (Fsp3) is 0.538. The third kappa shape index (κ3) is 6.16. The Morgan fingerprint density at radius 1 is 1.11 bits per heavy atom. The second kappa shape index (κ2) is 12.9. The second-order valence-corrected chi connectivity index (χ2v) is 15.3. The maximum absolute atomic E-state index is 12.9. The monoisotopic (exact) mass is 658 g/mol. The molecule has 2 unspecified atom stereocenters. The lowest BCUT2D eigenvalue weighted by molar-refractivity contribution is -0.144. The Hall–Kier alpha value is -3.45. The van der Waals surface area contributed by atoms with Crippen LogP contribution in [-0.4, -0.2) is 41.4 Å². The van der Waals surface area contributed by atoms with Gasteiger partial charge in [0.1, 0.15) is 11.3 Å². The number of rotatable bonds is 8. The zero-order valence-electron chi connectivity index (χ0n) is 27.8. The van der Waals surface area contributed by atoms with Gasteiger partial charge in [-0.1, -0.05) is 38.4 Å². The molecule has 2 heterocycles. The summed E-state index contributed by atoms with van der Waals surface area (Å²) in [5, 5.41) is 14.6. The lowest BCUT2D eigenvalue weighted by atomic mass is 9.59. The second-order valence-electron chi connectivity index (χ2n) is 14.9. The fourth-order valence-corrected chi connectivity index (χ4v) is 9.04. The van der Waals surface area contributed by atoms with Crippen LogP contribution in [-0.2, 0) is 23.1 Å². The molecule has 1 fully saturated rings. The predicted octanol–water partition coefficient (Wildman–Crippen LogP) is 8.61. The van der Waals surface area contributed by atoms with Crippen LogP contribution in [0, 0.1) is 17.8 Å². The summed E-state index contributed by atoms with van der Waals surface area (Å²) in [5.41, 5.74) is 4.62. The van der Waals surface area contributed by atoms with Gasteiger partial charge in [-0.05, 0) is 128 Å². The lowest BCUT2D eigenvalue weighted by Gasteiger charge is -2.47. The fourth-order valence-electron chi connectivity index (χ4n) is 8.85. The molecule has 1 spiro atoms. The maximum atomic E-state index is 12.9. The molecule has 250 valence electrons. The maximum Gasteiger partial charge on any atom is 0.329 e. The molecule has 0 amide bonds. The zero-order chi connectivity index (χ0) is 32.8. The SMILES string of the molecule is CC1COc2cc3c(cc2OC1)C1(CCC(Nc2cccc(Cl)c2)(C(=O)O)CC1)C(C[C@@H](C)COc1ccnc2c1[C@H](C)CCC2)C3. The van der Waals surface area contributed by atoms with Crippen molar-refractivity contribution in [2.24, 2.45) is 17.8 Å². The van der Waals surface area contributed by atoms with Crippen molar-refractivity contribution in [1.82, 2.24) is 4.98 Å². The first-order valence-corrected chi connectivity index (χ1v) is 17.8. The molecule has 0 saturated heterocycles. The van der Waals surface area contributed by atoms with E-state index in [4.69, 9.17) is 25.8 Å². The molecule has 4 atom stereocenters. The highest BCUT2D eigenvalue weighted by Gasteiger charge is 2.54. The van der Waals surface area contributed by atoms with Crippen molar-refractivity contribution < 1.29 is 24.1 Å². The van der Waals surface area contributed by atoms with E-state index in [1.54, 1.807) is 12.1 Å². The van der Waals surface area contributed by atoms with Gasteiger partial charge in [-0.15, -0.1) is 0 Å². The molecule has 47 heavy (non-hydrogen) atoms. The van der Waals surface area contributed by atoms with Gasteiger partial charge >= 0.3 is 5.97 Å². The summed E-state index contributed by atoms with van der Waals surface area (Å²) >= 11 is 6.27. The Morgan fingerprint density at radius 2 is 1.87 bits per heavy atom. The van der Waals surface area contributed by atoms with Crippen LogP contribution in [0.15, 0.2) is 48.7 Å². The summed E-state index contributed by atoms with van der Waals surface area (Å²) in [7, 11) is 0. The summed E-state index contributed by atoms with van der Waals surface area (Å²) in [5.74, 6) is 3.26. The number of nitrogens with one attached hydrogen (secondary N) is 1. The van der Waals surface area contributed by atoms with E-state index in [1.807, 2.05) is 24.4 Å².